The summed E-state index contributed by atoms with van der Waals surface area (Å²) in [6.07, 6.45) is 1.10. The van der Waals surface area contributed by atoms with E-state index in [2.05, 4.69) is 29.4 Å². The van der Waals surface area contributed by atoms with Crippen LogP contribution in [0.1, 0.15) is 25.8 Å². The maximum Gasteiger partial charge on any atom is 0.146 e. The molecule has 0 radical (unpaired) electrons. The van der Waals surface area contributed by atoms with Gasteiger partial charge in [-0.05, 0) is 31.0 Å². The van der Waals surface area contributed by atoms with Crippen molar-refractivity contribution in [1.29, 1.82) is 0 Å². The largest absolute Gasteiger partial charge is 0.367 e. The number of piperazine rings is 1. The molecule has 0 amide bonds. The van der Waals surface area contributed by atoms with E-state index in [1.807, 2.05) is 12.1 Å². The summed E-state index contributed by atoms with van der Waals surface area (Å²) in [5, 5.41) is 6.73. The molecular weight excluding hydrogens is 241 g/mol. The molecule has 1 unspecified atom stereocenters. The molecule has 1 saturated heterocycles. The first-order chi connectivity index (χ1) is 9.20. The van der Waals surface area contributed by atoms with E-state index in [1.165, 1.54) is 0 Å². The minimum atomic E-state index is -0.116. The van der Waals surface area contributed by atoms with Crippen LogP contribution in [0.2, 0.25) is 0 Å². The zero-order valence-electron chi connectivity index (χ0n) is 11.9. The molecule has 1 aromatic rings. The maximum atomic E-state index is 13.9. The molecule has 3 nitrogen and oxygen atoms in total. The third kappa shape index (κ3) is 3.91. The Labute approximate surface area is 115 Å². The fraction of sp³-hybridized carbons (Fsp3) is 0.600. The Balaban J connectivity index is 2.05. The predicted molar refractivity (Wildman–Crippen MR) is 78.1 cm³/mol. The van der Waals surface area contributed by atoms with Gasteiger partial charge >= 0.3 is 0 Å². The highest BCUT2D eigenvalue weighted by Gasteiger charge is 2.14. The molecule has 4 heteroatoms. The third-order valence-corrected chi connectivity index (χ3v) is 3.74. The molecule has 0 spiro atoms. The van der Waals surface area contributed by atoms with E-state index in [1.54, 1.807) is 6.07 Å². The zero-order valence-corrected chi connectivity index (χ0v) is 11.9. The van der Waals surface area contributed by atoms with Crippen molar-refractivity contribution in [3.05, 3.63) is 29.6 Å². The first-order valence-electron chi connectivity index (χ1n) is 7.18. The van der Waals surface area contributed by atoms with Gasteiger partial charge in [-0.15, -0.1) is 0 Å². The second kappa shape index (κ2) is 6.87. The average molecular weight is 265 g/mol. The summed E-state index contributed by atoms with van der Waals surface area (Å²) in [6.45, 7) is 8.73. The van der Waals surface area contributed by atoms with E-state index in [9.17, 15) is 4.39 Å². The highest BCUT2D eigenvalue weighted by molar-refractivity contribution is 5.50. The van der Waals surface area contributed by atoms with Gasteiger partial charge in [-0.3, -0.25) is 0 Å². The number of nitrogens with one attached hydrogen (secondary N) is 2. The van der Waals surface area contributed by atoms with Gasteiger partial charge in [0.25, 0.3) is 0 Å². The molecule has 0 aromatic heterocycles. The Morgan fingerprint density at radius 2 is 2.11 bits per heavy atom. The number of anilines is 1. The molecule has 106 valence electrons. The molecule has 0 saturated carbocycles. The summed E-state index contributed by atoms with van der Waals surface area (Å²) >= 11 is 0. The number of hydrogen-bond acceptors (Lipinski definition) is 3. The van der Waals surface area contributed by atoms with Gasteiger partial charge in [-0.1, -0.05) is 13.0 Å². The van der Waals surface area contributed by atoms with E-state index in [0.717, 1.165) is 50.4 Å². The Hall–Kier alpha value is -1.13. The Morgan fingerprint density at radius 1 is 1.37 bits per heavy atom. The number of nitrogens with zero attached hydrogens (tertiary/aromatic N) is 1. The number of hydrogen-bond donors (Lipinski definition) is 2. The molecule has 0 aliphatic carbocycles. The van der Waals surface area contributed by atoms with Gasteiger partial charge in [0.05, 0.1) is 5.69 Å². The van der Waals surface area contributed by atoms with Gasteiger partial charge in [-0.2, -0.15) is 0 Å². The van der Waals surface area contributed by atoms with Gasteiger partial charge in [0, 0.05) is 38.8 Å². The van der Waals surface area contributed by atoms with Crippen molar-refractivity contribution in [2.75, 3.05) is 31.1 Å². The molecule has 1 heterocycles. The highest BCUT2D eigenvalue weighted by Crippen LogP contribution is 2.21. The molecule has 1 fully saturated rings. The standard InChI is InChI=1S/C15H24FN3/c1-3-12(2)18-11-13-4-5-14(16)15(10-13)19-8-6-17-7-9-19/h4-5,10,12,17-18H,3,6-9,11H2,1-2H3. The summed E-state index contributed by atoms with van der Waals surface area (Å²) in [5.74, 6) is -0.116. The molecule has 1 aliphatic heterocycles. The van der Waals surface area contributed by atoms with Crippen molar-refractivity contribution >= 4 is 5.69 Å². The van der Waals surface area contributed by atoms with Crippen molar-refractivity contribution in [2.45, 2.75) is 32.9 Å². The van der Waals surface area contributed by atoms with Crippen LogP contribution in [0.5, 0.6) is 0 Å². The second-order valence-corrected chi connectivity index (χ2v) is 5.21. The van der Waals surface area contributed by atoms with Crippen LogP contribution in [0.25, 0.3) is 0 Å². The lowest BCUT2D eigenvalue weighted by molar-refractivity contribution is 0.532. The molecule has 0 bridgehead atoms. The van der Waals surface area contributed by atoms with Crippen molar-refractivity contribution in [2.24, 2.45) is 0 Å². The van der Waals surface area contributed by atoms with Crippen molar-refractivity contribution in [3.8, 4) is 0 Å². The first-order valence-corrected chi connectivity index (χ1v) is 7.18. The lowest BCUT2D eigenvalue weighted by Gasteiger charge is -2.30. The summed E-state index contributed by atoms with van der Waals surface area (Å²) < 4.78 is 13.9. The quantitative estimate of drug-likeness (QED) is 0.854. The maximum absolute atomic E-state index is 13.9. The average Bonchev–Trinajstić information content (AvgIpc) is 2.47. The summed E-state index contributed by atoms with van der Waals surface area (Å²) in [5.41, 5.74) is 1.89. The van der Waals surface area contributed by atoms with Gasteiger partial charge in [-0.25, -0.2) is 4.39 Å². The minimum absolute atomic E-state index is 0.116. The van der Waals surface area contributed by atoms with Gasteiger partial charge < -0.3 is 15.5 Å². The molecule has 1 aliphatic rings. The third-order valence-electron chi connectivity index (χ3n) is 3.74. The van der Waals surface area contributed by atoms with Crippen LogP contribution in [0.15, 0.2) is 18.2 Å². The van der Waals surface area contributed by atoms with E-state index < -0.39 is 0 Å². The minimum Gasteiger partial charge on any atom is -0.367 e. The SMILES string of the molecule is CCC(C)NCc1ccc(F)c(N2CCNCC2)c1. The zero-order chi connectivity index (χ0) is 13.7. The van der Waals surface area contributed by atoms with Crippen LogP contribution >= 0.6 is 0 Å². The van der Waals surface area contributed by atoms with E-state index >= 15 is 0 Å². The monoisotopic (exact) mass is 265 g/mol. The fourth-order valence-electron chi connectivity index (χ4n) is 2.25. The van der Waals surface area contributed by atoms with E-state index in [-0.39, 0.29) is 5.82 Å². The summed E-state index contributed by atoms with van der Waals surface area (Å²) in [7, 11) is 0. The van der Waals surface area contributed by atoms with Crippen LogP contribution in [-0.2, 0) is 6.54 Å². The van der Waals surface area contributed by atoms with Crippen LogP contribution in [-0.4, -0.2) is 32.2 Å². The molecule has 1 atom stereocenters. The molecule has 19 heavy (non-hydrogen) atoms. The normalized spacial score (nSPS) is 17.5. The fourth-order valence-corrected chi connectivity index (χ4v) is 2.25. The highest BCUT2D eigenvalue weighted by atomic mass is 19.1. The Bertz CT molecular complexity index is 402. The molecule has 2 rings (SSSR count). The van der Waals surface area contributed by atoms with Gasteiger partial charge in [0.2, 0.25) is 0 Å². The number of benzene rings is 1. The molecule has 1 aromatic carbocycles. The van der Waals surface area contributed by atoms with Crippen LogP contribution in [0, 0.1) is 5.82 Å². The molecular formula is C15H24FN3. The number of halogens is 1. The van der Waals surface area contributed by atoms with Crippen molar-refractivity contribution < 1.29 is 4.39 Å². The van der Waals surface area contributed by atoms with Crippen molar-refractivity contribution in [1.82, 2.24) is 10.6 Å². The van der Waals surface area contributed by atoms with Crippen molar-refractivity contribution in [3.63, 3.8) is 0 Å². The first kappa shape index (κ1) is 14.3. The second-order valence-electron chi connectivity index (χ2n) is 5.21. The van der Waals surface area contributed by atoms with Gasteiger partial charge in [0.15, 0.2) is 0 Å². The Kier molecular flexibility index (Phi) is 5.16. The van der Waals surface area contributed by atoms with Crippen LogP contribution in [0.3, 0.4) is 0 Å². The lowest BCUT2D eigenvalue weighted by Crippen LogP contribution is -2.43. The van der Waals surface area contributed by atoms with Crippen LogP contribution in [0.4, 0.5) is 10.1 Å². The lowest BCUT2D eigenvalue weighted by atomic mass is 10.1. The Morgan fingerprint density at radius 3 is 2.79 bits per heavy atom. The predicted octanol–water partition coefficient (Wildman–Crippen LogP) is 2.12. The van der Waals surface area contributed by atoms with Gasteiger partial charge in [0.1, 0.15) is 5.82 Å². The summed E-state index contributed by atoms with van der Waals surface area (Å²) in [4.78, 5) is 2.12. The van der Waals surface area contributed by atoms with E-state index in [4.69, 9.17) is 0 Å². The van der Waals surface area contributed by atoms with Crippen LogP contribution < -0.4 is 15.5 Å². The number of rotatable bonds is 5. The smallest absolute Gasteiger partial charge is 0.146 e. The topological polar surface area (TPSA) is 27.3 Å². The summed E-state index contributed by atoms with van der Waals surface area (Å²) in [6, 6.07) is 5.94. The molecule has 2 N–H and O–H groups in total. The van der Waals surface area contributed by atoms with E-state index in [0.29, 0.717) is 6.04 Å².